The van der Waals surface area contributed by atoms with Crippen LogP contribution in [0.1, 0.15) is 19.3 Å². The molecule has 82 valence electrons. The molecule has 0 aliphatic carbocycles. The molecule has 1 fully saturated rings. The van der Waals surface area contributed by atoms with Gasteiger partial charge in [0.15, 0.2) is 0 Å². The lowest BCUT2D eigenvalue weighted by Gasteiger charge is -2.36. The Balaban J connectivity index is 2.16. The molecule has 0 amide bonds. The van der Waals surface area contributed by atoms with Crippen LogP contribution in [-0.2, 0) is 0 Å². The standard InChI is InChI=1S/C12H17NO2/c14-9-11-3-1-2-8-13(11)10-4-6-12(15)7-5-10/h4-7,11,14-15H,1-3,8-9H2. The highest BCUT2D eigenvalue weighted by Gasteiger charge is 2.21. The van der Waals surface area contributed by atoms with Gasteiger partial charge in [-0.05, 0) is 43.5 Å². The number of rotatable bonds is 2. The van der Waals surface area contributed by atoms with E-state index >= 15 is 0 Å². The van der Waals surface area contributed by atoms with E-state index in [1.165, 1.54) is 12.8 Å². The molecular weight excluding hydrogens is 190 g/mol. The molecule has 0 bridgehead atoms. The van der Waals surface area contributed by atoms with Crippen LogP contribution in [0.4, 0.5) is 5.69 Å². The van der Waals surface area contributed by atoms with E-state index in [0.29, 0.717) is 0 Å². The number of phenolic OH excluding ortho intramolecular Hbond substituents is 1. The highest BCUT2D eigenvalue weighted by Crippen LogP contribution is 2.25. The number of aliphatic hydroxyl groups excluding tert-OH is 1. The molecule has 0 aromatic heterocycles. The summed E-state index contributed by atoms with van der Waals surface area (Å²) in [5, 5.41) is 18.5. The highest BCUT2D eigenvalue weighted by atomic mass is 16.3. The van der Waals surface area contributed by atoms with Gasteiger partial charge in [-0.25, -0.2) is 0 Å². The molecule has 2 N–H and O–H groups in total. The highest BCUT2D eigenvalue weighted by molar-refractivity contribution is 5.50. The number of hydrogen-bond acceptors (Lipinski definition) is 3. The maximum absolute atomic E-state index is 9.29. The zero-order valence-electron chi connectivity index (χ0n) is 8.76. The van der Waals surface area contributed by atoms with Crippen LogP contribution in [-0.4, -0.2) is 29.4 Å². The number of benzene rings is 1. The molecule has 1 atom stereocenters. The van der Waals surface area contributed by atoms with Crippen LogP contribution in [0.25, 0.3) is 0 Å². The molecular formula is C12H17NO2. The molecule has 1 aromatic rings. The molecule has 1 unspecified atom stereocenters. The topological polar surface area (TPSA) is 43.7 Å². The zero-order valence-corrected chi connectivity index (χ0v) is 8.76. The fourth-order valence-electron chi connectivity index (χ4n) is 2.17. The Hall–Kier alpha value is -1.22. The Morgan fingerprint density at radius 2 is 1.93 bits per heavy atom. The molecule has 3 nitrogen and oxygen atoms in total. The Bertz CT molecular complexity index is 310. The molecule has 1 heterocycles. The first-order valence-corrected chi connectivity index (χ1v) is 5.48. The zero-order chi connectivity index (χ0) is 10.7. The van der Waals surface area contributed by atoms with Crippen molar-refractivity contribution in [2.45, 2.75) is 25.3 Å². The minimum Gasteiger partial charge on any atom is -0.508 e. The Morgan fingerprint density at radius 1 is 1.20 bits per heavy atom. The Morgan fingerprint density at radius 3 is 2.60 bits per heavy atom. The second kappa shape index (κ2) is 4.53. The van der Waals surface area contributed by atoms with Crippen molar-refractivity contribution in [1.29, 1.82) is 0 Å². The van der Waals surface area contributed by atoms with Gasteiger partial charge in [-0.2, -0.15) is 0 Å². The van der Waals surface area contributed by atoms with Gasteiger partial charge >= 0.3 is 0 Å². The van der Waals surface area contributed by atoms with E-state index in [-0.39, 0.29) is 18.4 Å². The van der Waals surface area contributed by atoms with E-state index in [2.05, 4.69) is 4.90 Å². The average Bonchev–Trinajstić information content (AvgIpc) is 2.30. The minimum atomic E-state index is 0.209. The fourth-order valence-corrected chi connectivity index (χ4v) is 2.17. The molecule has 1 aliphatic rings. The number of aliphatic hydroxyl groups is 1. The van der Waals surface area contributed by atoms with E-state index < -0.39 is 0 Å². The van der Waals surface area contributed by atoms with Crippen molar-refractivity contribution in [2.24, 2.45) is 0 Å². The van der Waals surface area contributed by atoms with Gasteiger partial charge in [0.1, 0.15) is 5.75 Å². The normalized spacial score (nSPS) is 21.7. The summed E-state index contributed by atoms with van der Waals surface area (Å²) >= 11 is 0. The number of piperidine rings is 1. The largest absolute Gasteiger partial charge is 0.508 e. The molecule has 1 saturated heterocycles. The summed E-state index contributed by atoms with van der Waals surface area (Å²) in [6.45, 7) is 1.21. The van der Waals surface area contributed by atoms with Gasteiger partial charge < -0.3 is 15.1 Å². The predicted molar refractivity (Wildman–Crippen MR) is 60.2 cm³/mol. The van der Waals surface area contributed by atoms with Gasteiger partial charge in [-0.1, -0.05) is 0 Å². The second-order valence-electron chi connectivity index (χ2n) is 4.04. The van der Waals surface area contributed by atoms with E-state index in [4.69, 9.17) is 0 Å². The first-order chi connectivity index (χ1) is 7.31. The minimum absolute atomic E-state index is 0.209. The Labute approximate surface area is 90.0 Å². The quantitative estimate of drug-likeness (QED) is 0.776. The van der Waals surface area contributed by atoms with Crippen LogP contribution in [0.2, 0.25) is 0 Å². The molecule has 0 radical (unpaired) electrons. The van der Waals surface area contributed by atoms with Crippen LogP contribution in [0.5, 0.6) is 5.75 Å². The number of nitrogens with zero attached hydrogens (tertiary/aromatic N) is 1. The van der Waals surface area contributed by atoms with E-state index in [0.717, 1.165) is 18.7 Å². The van der Waals surface area contributed by atoms with Gasteiger partial charge in [-0.15, -0.1) is 0 Å². The molecule has 0 spiro atoms. The summed E-state index contributed by atoms with van der Waals surface area (Å²) in [5.74, 6) is 0.288. The molecule has 0 saturated carbocycles. The van der Waals surface area contributed by atoms with Crippen molar-refractivity contribution >= 4 is 5.69 Å². The number of anilines is 1. The summed E-state index contributed by atoms with van der Waals surface area (Å²) in [5.41, 5.74) is 1.09. The SMILES string of the molecule is OCC1CCCCN1c1ccc(O)cc1. The van der Waals surface area contributed by atoms with Crippen LogP contribution in [0, 0.1) is 0 Å². The van der Waals surface area contributed by atoms with Crippen molar-refractivity contribution in [2.75, 3.05) is 18.1 Å². The van der Waals surface area contributed by atoms with Crippen molar-refractivity contribution in [3.8, 4) is 5.75 Å². The maximum Gasteiger partial charge on any atom is 0.115 e. The lowest BCUT2D eigenvalue weighted by molar-refractivity contribution is 0.240. The Kier molecular flexibility index (Phi) is 3.11. The summed E-state index contributed by atoms with van der Waals surface area (Å²) in [6.07, 6.45) is 3.43. The second-order valence-corrected chi connectivity index (χ2v) is 4.04. The van der Waals surface area contributed by atoms with E-state index in [1.807, 2.05) is 12.1 Å². The maximum atomic E-state index is 9.29. The third-order valence-electron chi connectivity index (χ3n) is 3.02. The molecule has 15 heavy (non-hydrogen) atoms. The lowest BCUT2D eigenvalue weighted by atomic mass is 10.0. The van der Waals surface area contributed by atoms with Crippen molar-refractivity contribution in [3.63, 3.8) is 0 Å². The van der Waals surface area contributed by atoms with Gasteiger partial charge in [0.2, 0.25) is 0 Å². The number of hydrogen-bond donors (Lipinski definition) is 2. The summed E-state index contributed by atoms with van der Waals surface area (Å²) in [6, 6.07) is 7.44. The van der Waals surface area contributed by atoms with Gasteiger partial charge in [0.25, 0.3) is 0 Å². The molecule has 1 aliphatic heterocycles. The van der Waals surface area contributed by atoms with Crippen molar-refractivity contribution in [1.82, 2.24) is 0 Å². The van der Waals surface area contributed by atoms with E-state index in [9.17, 15) is 10.2 Å². The third kappa shape index (κ3) is 2.23. The molecule has 2 rings (SSSR count). The predicted octanol–water partition coefficient (Wildman–Crippen LogP) is 1.74. The fraction of sp³-hybridized carbons (Fsp3) is 0.500. The van der Waals surface area contributed by atoms with Crippen LogP contribution in [0.15, 0.2) is 24.3 Å². The monoisotopic (exact) mass is 207 g/mol. The summed E-state index contributed by atoms with van der Waals surface area (Å²) < 4.78 is 0. The summed E-state index contributed by atoms with van der Waals surface area (Å²) in [7, 11) is 0. The van der Waals surface area contributed by atoms with Crippen LogP contribution in [0.3, 0.4) is 0 Å². The van der Waals surface area contributed by atoms with Crippen molar-refractivity contribution < 1.29 is 10.2 Å². The number of aromatic hydroxyl groups is 1. The average molecular weight is 207 g/mol. The van der Waals surface area contributed by atoms with Gasteiger partial charge in [-0.3, -0.25) is 0 Å². The van der Waals surface area contributed by atoms with E-state index in [1.54, 1.807) is 12.1 Å². The molecule has 3 heteroatoms. The van der Waals surface area contributed by atoms with Gasteiger partial charge in [0, 0.05) is 12.2 Å². The van der Waals surface area contributed by atoms with Crippen molar-refractivity contribution in [3.05, 3.63) is 24.3 Å². The van der Waals surface area contributed by atoms with Crippen LogP contribution < -0.4 is 4.90 Å². The van der Waals surface area contributed by atoms with Crippen LogP contribution >= 0.6 is 0 Å². The lowest BCUT2D eigenvalue weighted by Crippen LogP contribution is -2.41. The molecule has 1 aromatic carbocycles. The summed E-state index contributed by atoms with van der Waals surface area (Å²) in [4.78, 5) is 2.23. The third-order valence-corrected chi connectivity index (χ3v) is 3.02. The first-order valence-electron chi connectivity index (χ1n) is 5.48. The van der Waals surface area contributed by atoms with Gasteiger partial charge in [0.05, 0.1) is 12.6 Å². The number of phenols is 1. The first kappa shape index (κ1) is 10.3. The smallest absolute Gasteiger partial charge is 0.115 e.